The maximum absolute atomic E-state index is 16.2. The minimum Gasteiger partial charge on any atom is -0.465 e. The quantitative estimate of drug-likeness (QED) is 0.311. The Kier molecular flexibility index (Phi) is 9.76. The Bertz CT molecular complexity index is 1210. The SMILES string of the molecule is Fc1cccc(OC2CCCCO2)c1B(c1c(F)cccc1OC1CCCCO1)c1c(F)cccc1OC1CCCCO1. The largest absolute Gasteiger partial charge is 0.465 e. The molecule has 3 aliphatic heterocycles. The molecule has 3 heterocycles. The number of rotatable bonds is 9. The third kappa shape index (κ3) is 6.97. The van der Waals surface area contributed by atoms with Crippen LogP contribution in [-0.4, -0.2) is 45.4 Å². The van der Waals surface area contributed by atoms with Gasteiger partial charge in [0.15, 0.2) is 18.9 Å². The van der Waals surface area contributed by atoms with Gasteiger partial charge in [0.2, 0.25) is 0 Å². The van der Waals surface area contributed by atoms with Crippen molar-refractivity contribution in [2.75, 3.05) is 19.8 Å². The van der Waals surface area contributed by atoms with Crippen LogP contribution in [0.5, 0.6) is 17.2 Å². The Balaban J connectivity index is 1.52. The van der Waals surface area contributed by atoms with E-state index in [-0.39, 0.29) is 33.6 Å². The summed E-state index contributed by atoms with van der Waals surface area (Å²) in [7, 11) is 0. The van der Waals surface area contributed by atoms with Crippen molar-refractivity contribution in [3.8, 4) is 17.2 Å². The highest BCUT2D eigenvalue weighted by Crippen LogP contribution is 2.26. The fourth-order valence-corrected chi connectivity index (χ4v) is 5.97. The van der Waals surface area contributed by atoms with Crippen molar-refractivity contribution in [2.45, 2.75) is 76.7 Å². The van der Waals surface area contributed by atoms with Crippen LogP contribution in [0.25, 0.3) is 0 Å². The lowest BCUT2D eigenvalue weighted by Gasteiger charge is -2.30. The minimum absolute atomic E-state index is 0.0456. The third-order valence-corrected chi connectivity index (χ3v) is 8.09. The molecule has 0 aromatic heterocycles. The molecule has 0 radical (unpaired) electrons. The lowest BCUT2D eigenvalue weighted by atomic mass is 9.35. The van der Waals surface area contributed by atoms with E-state index < -0.39 is 43.0 Å². The second-order valence-electron chi connectivity index (χ2n) is 11.1. The van der Waals surface area contributed by atoms with Gasteiger partial charge >= 0.3 is 0 Å². The summed E-state index contributed by atoms with van der Waals surface area (Å²) in [6.45, 7) is 0.188. The van der Waals surface area contributed by atoms with Gasteiger partial charge in [-0.25, -0.2) is 13.2 Å². The van der Waals surface area contributed by atoms with E-state index >= 15 is 13.2 Å². The van der Waals surface area contributed by atoms with Crippen molar-refractivity contribution < 1.29 is 41.6 Å². The molecule has 0 N–H and O–H groups in total. The van der Waals surface area contributed by atoms with Crippen molar-refractivity contribution in [1.82, 2.24) is 0 Å². The molecule has 10 heteroatoms. The highest BCUT2D eigenvalue weighted by molar-refractivity contribution is 6.97. The summed E-state index contributed by atoms with van der Waals surface area (Å²) in [5.41, 5.74) is -0.137. The van der Waals surface area contributed by atoms with Crippen LogP contribution < -0.4 is 30.6 Å². The number of ether oxygens (including phenoxy) is 6. The van der Waals surface area contributed by atoms with Crippen LogP contribution in [0.4, 0.5) is 13.2 Å². The molecule has 0 bridgehead atoms. The zero-order chi connectivity index (χ0) is 29.6. The average Bonchev–Trinajstić information content (AvgIpc) is 3.02. The van der Waals surface area contributed by atoms with E-state index in [1.807, 2.05) is 0 Å². The smallest absolute Gasteiger partial charge is 0.267 e. The molecule has 3 unspecified atom stereocenters. The van der Waals surface area contributed by atoms with Gasteiger partial charge in [-0.1, -0.05) is 18.2 Å². The normalized spacial score (nSPS) is 22.5. The molecular weight excluding hydrogens is 560 g/mol. The Labute approximate surface area is 250 Å². The van der Waals surface area contributed by atoms with Crippen LogP contribution in [0.1, 0.15) is 57.8 Å². The molecule has 3 aromatic rings. The number of hydrogen-bond acceptors (Lipinski definition) is 6. The Morgan fingerprint density at radius 2 is 0.814 bits per heavy atom. The fourth-order valence-electron chi connectivity index (χ4n) is 5.97. The van der Waals surface area contributed by atoms with E-state index in [1.165, 1.54) is 36.4 Å². The predicted octanol–water partition coefficient (Wildman–Crippen LogP) is 5.34. The predicted molar refractivity (Wildman–Crippen MR) is 157 cm³/mol. The summed E-state index contributed by atoms with van der Waals surface area (Å²) < 4.78 is 84.5. The van der Waals surface area contributed by atoms with Gasteiger partial charge in [0.25, 0.3) is 6.71 Å². The summed E-state index contributed by atoms with van der Waals surface area (Å²) in [5.74, 6) is -1.69. The average molecular weight is 596 g/mol. The van der Waals surface area contributed by atoms with Gasteiger partial charge in [-0.3, -0.25) is 0 Å². The van der Waals surface area contributed by atoms with E-state index in [0.717, 1.165) is 38.5 Å². The van der Waals surface area contributed by atoms with Crippen LogP contribution in [0.3, 0.4) is 0 Å². The molecule has 43 heavy (non-hydrogen) atoms. The monoisotopic (exact) mass is 596 g/mol. The van der Waals surface area contributed by atoms with Crippen LogP contribution in [-0.2, 0) is 14.2 Å². The summed E-state index contributed by atoms with van der Waals surface area (Å²) in [5, 5.41) is 0. The summed E-state index contributed by atoms with van der Waals surface area (Å²) in [6, 6.07) is 13.1. The Morgan fingerprint density at radius 3 is 1.09 bits per heavy atom. The van der Waals surface area contributed by atoms with E-state index in [4.69, 9.17) is 28.4 Å². The maximum Gasteiger partial charge on any atom is 0.267 e. The topological polar surface area (TPSA) is 55.4 Å². The highest BCUT2D eigenvalue weighted by atomic mass is 19.1. The number of hydrogen-bond donors (Lipinski definition) is 0. The molecule has 0 saturated carbocycles. The highest BCUT2D eigenvalue weighted by Gasteiger charge is 2.39. The van der Waals surface area contributed by atoms with Crippen molar-refractivity contribution in [2.24, 2.45) is 0 Å². The molecule has 6 rings (SSSR count). The number of halogens is 3. The fraction of sp³-hybridized carbons (Fsp3) is 0.455. The molecule has 3 aliphatic rings. The molecule has 228 valence electrons. The molecule has 0 amide bonds. The molecule has 6 nitrogen and oxygen atoms in total. The third-order valence-electron chi connectivity index (χ3n) is 8.09. The minimum atomic E-state index is -1.35. The molecule has 0 spiro atoms. The standard InChI is InChI=1S/C33H36BF3O6/c35-22-10-7-13-25(41-28-16-1-4-19-38-28)31(22)34(32-23(36)11-8-14-26(32)42-29-17-2-5-20-39-29)33-24(37)12-9-15-27(33)43-30-18-3-6-21-40-30/h7-15,28-30H,1-6,16-21H2. The van der Waals surface area contributed by atoms with Crippen LogP contribution in [0.2, 0.25) is 0 Å². The first kappa shape index (κ1) is 29.8. The lowest BCUT2D eigenvalue weighted by Crippen LogP contribution is -2.57. The zero-order valence-corrected chi connectivity index (χ0v) is 24.1. The van der Waals surface area contributed by atoms with Crippen molar-refractivity contribution in [3.05, 3.63) is 72.0 Å². The molecule has 3 atom stereocenters. The first-order valence-electron chi connectivity index (χ1n) is 15.3. The molecule has 3 saturated heterocycles. The van der Waals surface area contributed by atoms with E-state index in [0.29, 0.717) is 39.1 Å². The first-order valence-corrected chi connectivity index (χ1v) is 15.3. The van der Waals surface area contributed by atoms with Crippen LogP contribution >= 0.6 is 0 Å². The lowest BCUT2D eigenvalue weighted by molar-refractivity contribution is -0.105. The maximum atomic E-state index is 16.2. The molecular formula is C33H36BF3O6. The van der Waals surface area contributed by atoms with Gasteiger partial charge in [0.05, 0.1) is 19.8 Å². The van der Waals surface area contributed by atoms with E-state index in [1.54, 1.807) is 18.2 Å². The van der Waals surface area contributed by atoms with Crippen LogP contribution in [0, 0.1) is 17.5 Å². The van der Waals surface area contributed by atoms with Gasteiger partial charge in [0, 0.05) is 35.7 Å². The van der Waals surface area contributed by atoms with Gasteiger partial charge in [-0.05, 0) is 74.9 Å². The summed E-state index contributed by atoms with van der Waals surface area (Å²) in [4.78, 5) is 0. The van der Waals surface area contributed by atoms with Crippen molar-refractivity contribution in [3.63, 3.8) is 0 Å². The van der Waals surface area contributed by atoms with Gasteiger partial charge in [-0.15, -0.1) is 0 Å². The number of benzene rings is 3. The Morgan fingerprint density at radius 1 is 0.488 bits per heavy atom. The second kappa shape index (κ2) is 14.1. The van der Waals surface area contributed by atoms with E-state index in [2.05, 4.69) is 0 Å². The molecule has 3 aromatic carbocycles. The molecule has 0 aliphatic carbocycles. The second-order valence-corrected chi connectivity index (χ2v) is 11.1. The van der Waals surface area contributed by atoms with Gasteiger partial charge < -0.3 is 28.4 Å². The van der Waals surface area contributed by atoms with Crippen LogP contribution in [0.15, 0.2) is 54.6 Å². The van der Waals surface area contributed by atoms with Crippen molar-refractivity contribution in [1.29, 1.82) is 0 Å². The van der Waals surface area contributed by atoms with Gasteiger partial charge in [0.1, 0.15) is 34.7 Å². The summed E-state index contributed by atoms with van der Waals surface area (Å²) >= 11 is 0. The molecule has 3 fully saturated rings. The first-order chi connectivity index (χ1) is 21.1. The van der Waals surface area contributed by atoms with Gasteiger partial charge in [-0.2, -0.15) is 0 Å². The summed E-state index contributed by atoms with van der Waals surface area (Å²) in [6.07, 6.45) is 5.35. The zero-order valence-electron chi connectivity index (χ0n) is 24.1. The van der Waals surface area contributed by atoms with E-state index in [9.17, 15) is 0 Å². The Hall–Kier alpha value is -3.21. The van der Waals surface area contributed by atoms with Crippen molar-refractivity contribution >= 4 is 23.1 Å².